The van der Waals surface area contributed by atoms with E-state index in [1.165, 1.54) is 0 Å². The standard InChI is InChI=1S/C14H19NO2S/c1-2-17-13-5-3-4-11(8-13)14(16)9-12-10-18-7-6-15-12/h3-5,8,12,15H,2,6-7,9-10H2,1H3. The Labute approximate surface area is 112 Å². The molecule has 0 amide bonds. The highest BCUT2D eigenvalue weighted by Gasteiger charge is 2.17. The second-order valence-corrected chi connectivity index (χ2v) is 5.46. The van der Waals surface area contributed by atoms with Crippen LogP contribution in [0.2, 0.25) is 0 Å². The molecule has 18 heavy (non-hydrogen) atoms. The molecule has 4 heteroatoms. The maximum Gasteiger partial charge on any atom is 0.164 e. The molecule has 1 heterocycles. The number of nitrogens with one attached hydrogen (secondary N) is 1. The predicted molar refractivity (Wildman–Crippen MR) is 75.7 cm³/mol. The van der Waals surface area contributed by atoms with Gasteiger partial charge in [-0.15, -0.1) is 0 Å². The first-order chi connectivity index (χ1) is 8.79. The third kappa shape index (κ3) is 3.75. The number of hydrogen-bond acceptors (Lipinski definition) is 4. The highest BCUT2D eigenvalue weighted by molar-refractivity contribution is 7.99. The van der Waals surface area contributed by atoms with Gasteiger partial charge >= 0.3 is 0 Å². The van der Waals surface area contributed by atoms with Gasteiger partial charge in [0.15, 0.2) is 5.78 Å². The van der Waals surface area contributed by atoms with Crippen LogP contribution >= 0.6 is 11.8 Å². The lowest BCUT2D eigenvalue weighted by atomic mass is 10.0. The van der Waals surface area contributed by atoms with Crippen LogP contribution in [0.15, 0.2) is 24.3 Å². The fraction of sp³-hybridized carbons (Fsp3) is 0.500. The first-order valence-corrected chi connectivity index (χ1v) is 7.52. The van der Waals surface area contributed by atoms with Crippen LogP contribution in [0.4, 0.5) is 0 Å². The third-order valence-electron chi connectivity index (χ3n) is 2.90. The normalized spacial score (nSPS) is 19.5. The van der Waals surface area contributed by atoms with E-state index in [9.17, 15) is 4.79 Å². The topological polar surface area (TPSA) is 38.3 Å². The average Bonchev–Trinajstić information content (AvgIpc) is 2.40. The number of carbonyl (C=O) groups excluding carboxylic acids is 1. The SMILES string of the molecule is CCOc1cccc(C(=O)CC2CSCCN2)c1. The van der Waals surface area contributed by atoms with Gasteiger partial charge in [0.25, 0.3) is 0 Å². The molecule has 1 aromatic carbocycles. The summed E-state index contributed by atoms with van der Waals surface area (Å²) in [6, 6.07) is 7.77. The van der Waals surface area contributed by atoms with Crippen LogP contribution in [0.5, 0.6) is 5.75 Å². The number of carbonyl (C=O) groups is 1. The summed E-state index contributed by atoms with van der Waals surface area (Å²) >= 11 is 1.91. The lowest BCUT2D eigenvalue weighted by Crippen LogP contribution is -2.38. The number of ketones is 1. The van der Waals surface area contributed by atoms with Gasteiger partial charge in [-0.1, -0.05) is 12.1 Å². The fourth-order valence-corrected chi connectivity index (χ4v) is 2.97. The molecule has 1 aliphatic rings. The number of rotatable bonds is 5. The van der Waals surface area contributed by atoms with E-state index in [1.807, 2.05) is 43.0 Å². The Kier molecular flexibility index (Phi) is 5.08. The summed E-state index contributed by atoms with van der Waals surface area (Å²) in [6.07, 6.45) is 0.572. The molecule has 98 valence electrons. The van der Waals surface area contributed by atoms with Crippen molar-refractivity contribution in [2.24, 2.45) is 0 Å². The van der Waals surface area contributed by atoms with Gasteiger partial charge in [-0.3, -0.25) is 4.79 Å². The van der Waals surface area contributed by atoms with Crippen molar-refractivity contribution in [2.45, 2.75) is 19.4 Å². The van der Waals surface area contributed by atoms with Crippen molar-refractivity contribution in [1.29, 1.82) is 0 Å². The highest BCUT2D eigenvalue weighted by atomic mass is 32.2. The summed E-state index contributed by atoms with van der Waals surface area (Å²) in [6.45, 7) is 3.57. The number of ether oxygens (including phenoxy) is 1. The molecule has 0 aromatic heterocycles. The molecule has 1 saturated heterocycles. The minimum Gasteiger partial charge on any atom is -0.494 e. The van der Waals surface area contributed by atoms with Crippen molar-refractivity contribution < 1.29 is 9.53 Å². The maximum absolute atomic E-state index is 12.2. The van der Waals surface area contributed by atoms with Gasteiger partial charge in [-0.25, -0.2) is 0 Å². The first-order valence-electron chi connectivity index (χ1n) is 6.37. The van der Waals surface area contributed by atoms with E-state index in [1.54, 1.807) is 0 Å². The predicted octanol–water partition coefficient (Wildman–Crippen LogP) is 2.36. The summed E-state index contributed by atoms with van der Waals surface area (Å²) in [5, 5.41) is 3.39. The Hall–Kier alpha value is -1.00. The Morgan fingerprint density at radius 1 is 1.56 bits per heavy atom. The number of thioether (sulfide) groups is 1. The number of benzene rings is 1. The van der Waals surface area contributed by atoms with Crippen LogP contribution in [0.1, 0.15) is 23.7 Å². The van der Waals surface area contributed by atoms with E-state index >= 15 is 0 Å². The fourth-order valence-electron chi connectivity index (χ4n) is 2.02. The highest BCUT2D eigenvalue weighted by Crippen LogP contribution is 2.17. The third-order valence-corrected chi connectivity index (χ3v) is 4.03. The van der Waals surface area contributed by atoms with Gasteiger partial charge in [0, 0.05) is 36.1 Å². The van der Waals surface area contributed by atoms with Crippen molar-refractivity contribution in [1.82, 2.24) is 5.32 Å². The van der Waals surface area contributed by atoms with E-state index in [0.717, 1.165) is 29.4 Å². The Balaban J connectivity index is 1.96. The largest absolute Gasteiger partial charge is 0.494 e. The lowest BCUT2D eigenvalue weighted by molar-refractivity contribution is 0.0971. The second-order valence-electron chi connectivity index (χ2n) is 4.31. The van der Waals surface area contributed by atoms with Crippen LogP contribution in [-0.4, -0.2) is 36.5 Å². The van der Waals surface area contributed by atoms with Crippen LogP contribution < -0.4 is 10.1 Å². The molecule has 1 fully saturated rings. The first kappa shape index (κ1) is 13.4. The molecule has 1 atom stereocenters. The molecule has 3 nitrogen and oxygen atoms in total. The molecule has 1 N–H and O–H groups in total. The van der Waals surface area contributed by atoms with Gasteiger partial charge in [0.05, 0.1) is 6.61 Å². The molecule has 0 radical (unpaired) electrons. The lowest BCUT2D eigenvalue weighted by Gasteiger charge is -2.22. The molecule has 0 spiro atoms. The molecule has 0 bridgehead atoms. The smallest absolute Gasteiger partial charge is 0.164 e. The van der Waals surface area contributed by atoms with E-state index < -0.39 is 0 Å². The molecule has 0 saturated carbocycles. The quantitative estimate of drug-likeness (QED) is 0.830. The van der Waals surface area contributed by atoms with Crippen molar-refractivity contribution in [2.75, 3.05) is 24.7 Å². The van der Waals surface area contributed by atoms with E-state index in [-0.39, 0.29) is 5.78 Å². The molecule has 1 unspecified atom stereocenters. The number of Topliss-reactive ketones (excluding diaryl/α,β-unsaturated/α-hetero) is 1. The van der Waals surface area contributed by atoms with Crippen molar-refractivity contribution in [3.05, 3.63) is 29.8 Å². The average molecular weight is 265 g/mol. The van der Waals surface area contributed by atoms with Gasteiger partial charge in [-0.05, 0) is 19.1 Å². The van der Waals surface area contributed by atoms with Crippen LogP contribution in [0, 0.1) is 0 Å². The minimum atomic E-state index is 0.191. The Morgan fingerprint density at radius 2 is 2.44 bits per heavy atom. The summed E-state index contributed by atoms with van der Waals surface area (Å²) in [5.74, 6) is 3.13. The van der Waals surface area contributed by atoms with E-state index in [0.29, 0.717) is 19.1 Å². The maximum atomic E-state index is 12.2. The monoisotopic (exact) mass is 265 g/mol. The van der Waals surface area contributed by atoms with E-state index in [2.05, 4.69) is 5.32 Å². The molecule has 1 aliphatic heterocycles. The minimum absolute atomic E-state index is 0.191. The van der Waals surface area contributed by atoms with Crippen molar-refractivity contribution in [3.8, 4) is 5.75 Å². The summed E-state index contributed by atoms with van der Waals surface area (Å²) in [4.78, 5) is 12.2. The molecular formula is C14H19NO2S. The van der Waals surface area contributed by atoms with Gasteiger partial charge in [0.1, 0.15) is 5.75 Å². The summed E-state index contributed by atoms with van der Waals surface area (Å²) < 4.78 is 5.41. The van der Waals surface area contributed by atoms with Crippen molar-refractivity contribution >= 4 is 17.5 Å². The summed E-state index contributed by atoms with van der Waals surface area (Å²) in [7, 11) is 0. The van der Waals surface area contributed by atoms with Crippen LogP contribution in [-0.2, 0) is 0 Å². The molecule has 1 aromatic rings. The zero-order valence-electron chi connectivity index (χ0n) is 10.6. The van der Waals surface area contributed by atoms with Gasteiger partial charge < -0.3 is 10.1 Å². The zero-order chi connectivity index (χ0) is 12.8. The second kappa shape index (κ2) is 6.81. The molecule has 0 aliphatic carbocycles. The summed E-state index contributed by atoms with van der Waals surface area (Å²) in [5.41, 5.74) is 0.748. The van der Waals surface area contributed by atoms with Gasteiger partial charge in [-0.2, -0.15) is 11.8 Å². The van der Waals surface area contributed by atoms with Crippen LogP contribution in [0.25, 0.3) is 0 Å². The molecular weight excluding hydrogens is 246 g/mol. The van der Waals surface area contributed by atoms with Crippen LogP contribution in [0.3, 0.4) is 0 Å². The Morgan fingerprint density at radius 3 is 3.17 bits per heavy atom. The van der Waals surface area contributed by atoms with Crippen molar-refractivity contribution in [3.63, 3.8) is 0 Å². The zero-order valence-corrected chi connectivity index (χ0v) is 11.5. The number of hydrogen-bond donors (Lipinski definition) is 1. The Bertz CT molecular complexity index is 403. The van der Waals surface area contributed by atoms with Gasteiger partial charge in [0.2, 0.25) is 0 Å². The van der Waals surface area contributed by atoms with E-state index in [4.69, 9.17) is 4.74 Å². The molecule has 2 rings (SSSR count).